The monoisotopic (exact) mass is 223 g/mol. The lowest BCUT2D eigenvalue weighted by Crippen LogP contribution is -2.29. The molecule has 92 valence electrons. The van der Waals surface area contributed by atoms with Crippen LogP contribution in [0.2, 0.25) is 0 Å². The lowest BCUT2D eigenvalue weighted by Gasteiger charge is -2.20. The van der Waals surface area contributed by atoms with Crippen molar-refractivity contribution < 1.29 is 0 Å². The van der Waals surface area contributed by atoms with E-state index in [2.05, 4.69) is 51.2 Å². The van der Waals surface area contributed by atoms with Crippen LogP contribution in [0, 0.1) is 5.92 Å². The van der Waals surface area contributed by atoms with Crippen LogP contribution in [-0.4, -0.2) is 22.4 Å². The van der Waals surface area contributed by atoms with Crippen LogP contribution in [0.1, 0.15) is 46.1 Å². The first-order valence-electron chi connectivity index (χ1n) is 6.30. The molecule has 0 saturated heterocycles. The maximum atomic E-state index is 4.33. The van der Waals surface area contributed by atoms with E-state index in [9.17, 15) is 0 Å². The molecule has 3 heteroatoms. The Morgan fingerprint density at radius 2 is 2.00 bits per heavy atom. The molecule has 1 heterocycles. The van der Waals surface area contributed by atoms with Gasteiger partial charge in [-0.15, -0.1) is 0 Å². The van der Waals surface area contributed by atoms with E-state index in [0.29, 0.717) is 17.9 Å². The quantitative estimate of drug-likeness (QED) is 0.803. The Morgan fingerprint density at radius 1 is 1.31 bits per heavy atom. The Hall–Kier alpha value is -0.830. The van der Waals surface area contributed by atoms with E-state index in [0.717, 1.165) is 13.1 Å². The Bertz CT molecular complexity index is 304. The van der Waals surface area contributed by atoms with Gasteiger partial charge in [-0.3, -0.25) is 4.68 Å². The van der Waals surface area contributed by atoms with Gasteiger partial charge in [0.25, 0.3) is 0 Å². The van der Waals surface area contributed by atoms with Crippen LogP contribution in [-0.2, 0) is 6.54 Å². The Morgan fingerprint density at radius 3 is 2.50 bits per heavy atom. The van der Waals surface area contributed by atoms with Crippen LogP contribution in [0.25, 0.3) is 0 Å². The van der Waals surface area contributed by atoms with Gasteiger partial charge < -0.3 is 5.32 Å². The minimum Gasteiger partial charge on any atom is -0.314 e. The molecule has 1 aromatic heterocycles. The van der Waals surface area contributed by atoms with E-state index in [4.69, 9.17) is 0 Å². The fourth-order valence-electron chi connectivity index (χ4n) is 1.71. The fraction of sp³-hybridized carbons (Fsp3) is 0.769. The molecule has 3 nitrogen and oxygen atoms in total. The van der Waals surface area contributed by atoms with Crippen LogP contribution in [0.15, 0.2) is 12.4 Å². The predicted octanol–water partition coefficient (Wildman–Crippen LogP) is 2.64. The molecule has 2 atom stereocenters. The molecule has 0 radical (unpaired) electrons. The topological polar surface area (TPSA) is 29.9 Å². The van der Waals surface area contributed by atoms with Crippen molar-refractivity contribution in [3.63, 3.8) is 0 Å². The maximum Gasteiger partial charge on any atom is 0.0524 e. The molecule has 0 aromatic carbocycles. The second kappa shape index (κ2) is 6.04. The van der Waals surface area contributed by atoms with Gasteiger partial charge in [0.2, 0.25) is 0 Å². The molecule has 0 aliphatic heterocycles. The standard InChI is InChI=1S/C13H25N3/c1-6-16-9-13(8-15-16)12(5)11(4)7-14-10(2)3/h8-12,14H,6-7H2,1-5H3. The minimum atomic E-state index is 0.562. The summed E-state index contributed by atoms with van der Waals surface area (Å²) in [6.45, 7) is 13.1. The maximum absolute atomic E-state index is 4.33. The van der Waals surface area contributed by atoms with Crippen LogP contribution in [0.4, 0.5) is 0 Å². The highest BCUT2D eigenvalue weighted by Gasteiger charge is 2.15. The highest BCUT2D eigenvalue weighted by Crippen LogP contribution is 2.23. The number of aromatic nitrogens is 2. The first kappa shape index (κ1) is 13.2. The largest absolute Gasteiger partial charge is 0.314 e. The smallest absolute Gasteiger partial charge is 0.0524 e. The molecule has 1 rings (SSSR count). The molecule has 16 heavy (non-hydrogen) atoms. The first-order valence-corrected chi connectivity index (χ1v) is 6.30. The van der Waals surface area contributed by atoms with Crippen LogP contribution in [0.3, 0.4) is 0 Å². The molecule has 1 N–H and O–H groups in total. The van der Waals surface area contributed by atoms with Gasteiger partial charge in [0.15, 0.2) is 0 Å². The second-order valence-electron chi connectivity index (χ2n) is 4.96. The van der Waals surface area contributed by atoms with E-state index < -0.39 is 0 Å². The molecule has 0 amide bonds. The number of hydrogen-bond donors (Lipinski definition) is 1. The third-order valence-corrected chi connectivity index (χ3v) is 3.20. The van der Waals surface area contributed by atoms with E-state index in [1.54, 1.807) is 0 Å². The van der Waals surface area contributed by atoms with Gasteiger partial charge in [-0.05, 0) is 30.9 Å². The van der Waals surface area contributed by atoms with E-state index in [1.807, 2.05) is 10.9 Å². The average molecular weight is 223 g/mol. The second-order valence-corrected chi connectivity index (χ2v) is 4.96. The van der Waals surface area contributed by atoms with Gasteiger partial charge >= 0.3 is 0 Å². The van der Waals surface area contributed by atoms with E-state index >= 15 is 0 Å². The Labute approximate surface area is 99.2 Å². The lowest BCUT2D eigenvalue weighted by molar-refractivity contribution is 0.426. The molecular formula is C13H25N3. The summed E-state index contributed by atoms with van der Waals surface area (Å²) in [5.41, 5.74) is 1.35. The summed E-state index contributed by atoms with van der Waals surface area (Å²) < 4.78 is 1.99. The van der Waals surface area contributed by atoms with Crippen molar-refractivity contribution >= 4 is 0 Å². The summed E-state index contributed by atoms with van der Waals surface area (Å²) in [5, 5.41) is 7.82. The van der Waals surface area contributed by atoms with Gasteiger partial charge in [0.05, 0.1) is 6.20 Å². The molecular weight excluding hydrogens is 198 g/mol. The molecule has 0 spiro atoms. The highest BCUT2D eigenvalue weighted by atomic mass is 15.3. The van der Waals surface area contributed by atoms with E-state index in [1.165, 1.54) is 5.56 Å². The summed E-state index contributed by atoms with van der Waals surface area (Å²) in [4.78, 5) is 0. The summed E-state index contributed by atoms with van der Waals surface area (Å²) in [6.07, 6.45) is 4.16. The molecule has 1 aromatic rings. The van der Waals surface area contributed by atoms with Crippen LogP contribution < -0.4 is 5.32 Å². The number of aryl methyl sites for hydroxylation is 1. The number of nitrogens with zero attached hydrogens (tertiary/aromatic N) is 2. The summed E-state index contributed by atoms with van der Waals surface area (Å²) in [7, 11) is 0. The molecule has 0 aliphatic carbocycles. The zero-order valence-electron chi connectivity index (χ0n) is 11.2. The van der Waals surface area contributed by atoms with Crippen molar-refractivity contribution in [2.45, 2.75) is 53.1 Å². The fourth-order valence-corrected chi connectivity index (χ4v) is 1.71. The van der Waals surface area contributed by atoms with Gasteiger partial charge in [0.1, 0.15) is 0 Å². The van der Waals surface area contributed by atoms with Crippen molar-refractivity contribution in [3.8, 4) is 0 Å². The first-order chi connectivity index (χ1) is 7.54. The normalized spacial score (nSPS) is 15.4. The van der Waals surface area contributed by atoms with Crippen molar-refractivity contribution in [3.05, 3.63) is 18.0 Å². The molecule has 0 fully saturated rings. The van der Waals surface area contributed by atoms with Gasteiger partial charge in [-0.1, -0.05) is 27.7 Å². The lowest BCUT2D eigenvalue weighted by atomic mass is 9.91. The van der Waals surface area contributed by atoms with Gasteiger partial charge in [0, 0.05) is 18.8 Å². The molecule has 0 saturated carbocycles. The third kappa shape index (κ3) is 3.63. The van der Waals surface area contributed by atoms with Crippen LogP contribution in [0.5, 0.6) is 0 Å². The van der Waals surface area contributed by atoms with Crippen molar-refractivity contribution in [2.24, 2.45) is 5.92 Å². The van der Waals surface area contributed by atoms with Crippen molar-refractivity contribution in [1.82, 2.24) is 15.1 Å². The Kier molecular flexibility index (Phi) is 5.00. The average Bonchev–Trinajstić information content (AvgIpc) is 2.73. The van der Waals surface area contributed by atoms with Crippen LogP contribution >= 0.6 is 0 Å². The third-order valence-electron chi connectivity index (χ3n) is 3.20. The predicted molar refractivity (Wildman–Crippen MR) is 68.6 cm³/mol. The van der Waals surface area contributed by atoms with Crippen molar-refractivity contribution in [1.29, 1.82) is 0 Å². The van der Waals surface area contributed by atoms with Gasteiger partial charge in [-0.25, -0.2) is 0 Å². The summed E-state index contributed by atoms with van der Waals surface area (Å²) in [6, 6.07) is 0.563. The number of rotatable bonds is 6. The molecule has 0 bridgehead atoms. The molecule has 2 unspecified atom stereocenters. The Balaban J connectivity index is 2.52. The molecule has 0 aliphatic rings. The SMILES string of the molecule is CCn1cc(C(C)C(C)CNC(C)C)cn1. The minimum absolute atomic E-state index is 0.562. The van der Waals surface area contributed by atoms with Crippen molar-refractivity contribution in [2.75, 3.05) is 6.54 Å². The highest BCUT2D eigenvalue weighted by molar-refractivity contribution is 5.11. The van der Waals surface area contributed by atoms with E-state index in [-0.39, 0.29) is 0 Å². The number of nitrogens with one attached hydrogen (secondary N) is 1. The summed E-state index contributed by atoms with van der Waals surface area (Å²) >= 11 is 0. The number of hydrogen-bond acceptors (Lipinski definition) is 2. The summed E-state index contributed by atoms with van der Waals surface area (Å²) in [5.74, 6) is 1.20. The van der Waals surface area contributed by atoms with Gasteiger partial charge in [-0.2, -0.15) is 5.10 Å². The zero-order valence-corrected chi connectivity index (χ0v) is 11.2. The zero-order chi connectivity index (χ0) is 12.1.